The van der Waals surface area contributed by atoms with Gasteiger partial charge in [0, 0.05) is 15.1 Å². The highest BCUT2D eigenvalue weighted by atomic mass is 127. The lowest BCUT2D eigenvalue weighted by Crippen LogP contribution is -2.38. The number of carbonyl (C=O) groups is 2. The Bertz CT molecular complexity index is 1460. The second-order valence-corrected chi connectivity index (χ2v) is 10.8. The molecule has 10 heteroatoms. The third kappa shape index (κ3) is 5.66. The van der Waals surface area contributed by atoms with Crippen LogP contribution in [-0.2, 0) is 4.79 Å². The van der Waals surface area contributed by atoms with Crippen LogP contribution in [0.25, 0.3) is 11.3 Å². The molecular formula is C29H26ClIN4O4. The van der Waals surface area contributed by atoms with Crippen LogP contribution in [0.15, 0.2) is 78.9 Å². The Morgan fingerprint density at radius 1 is 1.05 bits per heavy atom. The lowest BCUT2D eigenvalue weighted by molar-refractivity contribution is -0.129. The molecule has 3 N–H and O–H groups in total. The summed E-state index contributed by atoms with van der Waals surface area (Å²) in [5.74, 6) is 0.299. The molecule has 0 spiro atoms. The number of aliphatic hydroxyl groups excluding tert-OH is 1. The van der Waals surface area contributed by atoms with E-state index in [0.29, 0.717) is 28.0 Å². The molecule has 1 aromatic heterocycles. The average molecular weight is 657 g/mol. The van der Waals surface area contributed by atoms with Crippen molar-refractivity contribution in [3.63, 3.8) is 0 Å². The minimum absolute atomic E-state index is 0.100. The molecule has 2 heterocycles. The summed E-state index contributed by atoms with van der Waals surface area (Å²) in [6.07, 6.45) is 0. The predicted octanol–water partition coefficient (Wildman–Crippen LogP) is 5.84. The first kappa shape index (κ1) is 27.2. The standard InChI is InChI=1S/C29H26ClIN4O4/c1-17(18-5-3-2-4-6-18)25(27-32-23(26(30)34-27)19-7-11-21(31)12-8-19)35-28(37)24(33-29(35)38)20-9-13-22(14-10-20)39-16-15-36/h2-14,17,24-25,36H,15-16H2,1H3,(H,32,34)(H,33,38)/t17-,24?,25+/m1/s1. The highest BCUT2D eigenvalue weighted by Gasteiger charge is 2.46. The maximum Gasteiger partial charge on any atom is 0.325 e. The van der Waals surface area contributed by atoms with Crippen molar-refractivity contribution in [3.8, 4) is 17.0 Å². The number of imidazole rings is 1. The minimum Gasteiger partial charge on any atom is -0.491 e. The fourth-order valence-corrected chi connectivity index (χ4v) is 5.34. The van der Waals surface area contributed by atoms with Crippen LogP contribution >= 0.6 is 34.2 Å². The third-order valence-corrected chi connectivity index (χ3v) is 7.69. The maximum absolute atomic E-state index is 13.8. The first-order valence-corrected chi connectivity index (χ1v) is 13.9. The fourth-order valence-electron chi connectivity index (χ4n) is 4.73. The van der Waals surface area contributed by atoms with E-state index in [1.165, 1.54) is 4.90 Å². The van der Waals surface area contributed by atoms with E-state index in [9.17, 15) is 9.59 Å². The molecule has 200 valence electrons. The summed E-state index contributed by atoms with van der Waals surface area (Å²) in [5, 5.41) is 12.1. The number of hydrogen-bond donors (Lipinski definition) is 3. The van der Waals surface area contributed by atoms with E-state index in [2.05, 4.69) is 32.9 Å². The molecule has 0 radical (unpaired) electrons. The predicted molar refractivity (Wildman–Crippen MR) is 156 cm³/mol. The van der Waals surface area contributed by atoms with E-state index < -0.39 is 18.1 Å². The van der Waals surface area contributed by atoms with Gasteiger partial charge in [0.05, 0.1) is 6.61 Å². The van der Waals surface area contributed by atoms with Gasteiger partial charge in [-0.25, -0.2) is 9.78 Å². The van der Waals surface area contributed by atoms with Gasteiger partial charge in [0.15, 0.2) is 0 Å². The molecule has 3 amide bonds. The number of urea groups is 1. The van der Waals surface area contributed by atoms with E-state index in [4.69, 9.17) is 26.4 Å². The number of hydrogen-bond acceptors (Lipinski definition) is 5. The van der Waals surface area contributed by atoms with Gasteiger partial charge in [-0.2, -0.15) is 0 Å². The summed E-state index contributed by atoms with van der Waals surface area (Å²) in [5.41, 5.74) is 2.94. The lowest BCUT2D eigenvalue weighted by Gasteiger charge is -2.29. The number of nitrogens with one attached hydrogen (secondary N) is 2. The topological polar surface area (TPSA) is 108 Å². The number of aliphatic hydroxyl groups is 1. The van der Waals surface area contributed by atoms with Gasteiger partial charge >= 0.3 is 6.03 Å². The van der Waals surface area contributed by atoms with Crippen LogP contribution < -0.4 is 10.1 Å². The molecule has 0 saturated carbocycles. The van der Waals surface area contributed by atoms with Crippen molar-refractivity contribution in [2.24, 2.45) is 0 Å². The van der Waals surface area contributed by atoms with E-state index in [0.717, 1.165) is 14.7 Å². The lowest BCUT2D eigenvalue weighted by atomic mass is 9.91. The molecule has 1 aliphatic heterocycles. The molecule has 3 aromatic carbocycles. The van der Waals surface area contributed by atoms with Crippen LogP contribution in [0, 0.1) is 3.57 Å². The first-order valence-electron chi connectivity index (χ1n) is 12.4. The van der Waals surface area contributed by atoms with Gasteiger partial charge in [-0.15, -0.1) is 0 Å². The molecule has 4 aromatic rings. The van der Waals surface area contributed by atoms with Crippen molar-refractivity contribution in [1.29, 1.82) is 0 Å². The van der Waals surface area contributed by atoms with Crippen LogP contribution in [0.3, 0.4) is 0 Å². The van der Waals surface area contributed by atoms with Crippen molar-refractivity contribution in [3.05, 3.63) is 105 Å². The van der Waals surface area contributed by atoms with Crippen molar-refractivity contribution in [2.45, 2.75) is 24.9 Å². The highest BCUT2D eigenvalue weighted by molar-refractivity contribution is 14.1. The zero-order chi connectivity index (χ0) is 27.5. The molecule has 39 heavy (non-hydrogen) atoms. The van der Waals surface area contributed by atoms with Gasteiger partial charge in [-0.1, -0.05) is 73.1 Å². The van der Waals surface area contributed by atoms with Crippen LogP contribution in [0.4, 0.5) is 4.79 Å². The summed E-state index contributed by atoms with van der Waals surface area (Å²) in [7, 11) is 0. The number of aromatic amines is 1. The summed E-state index contributed by atoms with van der Waals surface area (Å²) >= 11 is 8.85. The Hall–Kier alpha value is -3.41. The van der Waals surface area contributed by atoms with Crippen LogP contribution in [0.1, 0.15) is 41.9 Å². The largest absolute Gasteiger partial charge is 0.491 e. The van der Waals surface area contributed by atoms with Crippen molar-refractivity contribution >= 4 is 46.1 Å². The maximum atomic E-state index is 13.8. The van der Waals surface area contributed by atoms with Gasteiger partial charge in [0.25, 0.3) is 5.91 Å². The molecule has 0 bridgehead atoms. The smallest absolute Gasteiger partial charge is 0.325 e. The second-order valence-electron chi connectivity index (χ2n) is 9.17. The Morgan fingerprint density at radius 3 is 2.41 bits per heavy atom. The van der Waals surface area contributed by atoms with E-state index in [1.54, 1.807) is 24.3 Å². The van der Waals surface area contributed by atoms with Crippen molar-refractivity contribution < 1.29 is 19.4 Å². The quantitative estimate of drug-likeness (QED) is 0.155. The Balaban J connectivity index is 1.51. The van der Waals surface area contributed by atoms with E-state index in [1.807, 2.05) is 61.5 Å². The number of halogens is 2. The Morgan fingerprint density at radius 2 is 1.74 bits per heavy atom. The molecule has 1 unspecified atom stereocenters. The molecular weight excluding hydrogens is 631 g/mol. The van der Waals surface area contributed by atoms with Gasteiger partial charge in [0.1, 0.15) is 41.1 Å². The Kier molecular flexibility index (Phi) is 8.20. The molecule has 0 aliphatic carbocycles. The highest BCUT2D eigenvalue weighted by Crippen LogP contribution is 2.40. The molecule has 3 atom stereocenters. The summed E-state index contributed by atoms with van der Waals surface area (Å²) < 4.78 is 6.50. The van der Waals surface area contributed by atoms with Gasteiger partial charge < -0.3 is 20.1 Å². The average Bonchev–Trinajstić information content (AvgIpc) is 3.48. The van der Waals surface area contributed by atoms with Crippen molar-refractivity contribution in [1.82, 2.24) is 20.2 Å². The number of amides is 3. The second kappa shape index (κ2) is 11.8. The fraction of sp³-hybridized carbons (Fsp3) is 0.207. The van der Waals surface area contributed by atoms with E-state index in [-0.39, 0.29) is 25.0 Å². The van der Waals surface area contributed by atoms with Gasteiger partial charge in [-0.05, 0) is 58.0 Å². The first-order chi connectivity index (χ1) is 18.9. The van der Waals surface area contributed by atoms with Crippen LogP contribution in [0.2, 0.25) is 5.15 Å². The minimum atomic E-state index is -0.865. The zero-order valence-electron chi connectivity index (χ0n) is 21.0. The summed E-state index contributed by atoms with van der Waals surface area (Å²) in [4.78, 5) is 36.4. The van der Waals surface area contributed by atoms with Crippen LogP contribution in [0.5, 0.6) is 5.75 Å². The summed E-state index contributed by atoms with van der Waals surface area (Å²) in [6, 6.07) is 22.2. The van der Waals surface area contributed by atoms with Crippen molar-refractivity contribution in [2.75, 3.05) is 13.2 Å². The number of ether oxygens (including phenoxy) is 1. The normalized spacial score (nSPS) is 16.7. The number of carbonyl (C=O) groups excluding carboxylic acids is 2. The zero-order valence-corrected chi connectivity index (χ0v) is 23.9. The van der Waals surface area contributed by atoms with Gasteiger partial charge in [0.2, 0.25) is 0 Å². The third-order valence-electron chi connectivity index (χ3n) is 6.70. The summed E-state index contributed by atoms with van der Waals surface area (Å²) in [6.45, 7) is 2.03. The SMILES string of the molecule is C[C@H](c1ccccc1)[C@@H](c1nc(-c2ccc(I)cc2)c(Cl)[nH]1)N1C(=O)NC(c2ccc(OCCO)cc2)C1=O. The molecule has 1 fully saturated rings. The van der Waals surface area contributed by atoms with Crippen LogP contribution in [-0.4, -0.2) is 45.1 Å². The molecule has 1 aliphatic rings. The number of imide groups is 1. The molecule has 8 nitrogen and oxygen atoms in total. The molecule has 5 rings (SSSR count). The Labute approximate surface area is 244 Å². The number of benzene rings is 3. The molecule has 1 saturated heterocycles. The van der Waals surface area contributed by atoms with Gasteiger partial charge in [-0.3, -0.25) is 9.69 Å². The number of H-pyrrole nitrogens is 1. The number of rotatable bonds is 9. The monoisotopic (exact) mass is 656 g/mol. The number of nitrogens with zero attached hydrogens (tertiary/aromatic N) is 2. The number of aromatic nitrogens is 2. The van der Waals surface area contributed by atoms with E-state index >= 15 is 0 Å².